The van der Waals surface area contributed by atoms with E-state index in [-0.39, 0.29) is 23.9 Å². The topological polar surface area (TPSA) is 104 Å². The van der Waals surface area contributed by atoms with Gasteiger partial charge in [0.1, 0.15) is 11.6 Å². The number of amides is 2. The molecule has 2 amide bonds. The summed E-state index contributed by atoms with van der Waals surface area (Å²) < 4.78 is 0. The Morgan fingerprint density at radius 2 is 1.25 bits per heavy atom. The molecule has 2 N–H and O–H groups in total. The van der Waals surface area contributed by atoms with Gasteiger partial charge in [-0.05, 0) is 129 Å². The Bertz CT molecular complexity index is 2690. The number of likely N-dealkylation sites (tertiary alicyclic amines) is 4. The van der Waals surface area contributed by atoms with Crippen molar-refractivity contribution in [2.45, 2.75) is 83.0 Å². The summed E-state index contributed by atoms with van der Waals surface area (Å²) in [6.45, 7) is 11.9. The molecule has 0 unspecified atom stereocenters. The number of fused-ring (bicyclic) bond motifs is 1. The van der Waals surface area contributed by atoms with Gasteiger partial charge in [-0.15, -0.1) is 0 Å². The van der Waals surface area contributed by atoms with Crippen molar-refractivity contribution < 1.29 is 9.59 Å². The first-order valence-electron chi connectivity index (χ1n) is 22.9. The number of aromatic amines is 2. The predicted octanol–water partition coefficient (Wildman–Crippen LogP) is 8.52. The first-order chi connectivity index (χ1) is 30.9. The molecule has 0 bridgehead atoms. The number of hydrogen-bond donors (Lipinski definition) is 2. The van der Waals surface area contributed by atoms with Gasteiger partial charge in [-0.1, -0.05) is 84.7 Å². The van der Waals surface area contributed by atoms with E-state index in [9.17, 15) is 9.59 Å². The number of nitrogens with zero attached hydrogens (tertiary/aromatic N) is 6. The lowest BCUT2D eigenvalue weighted by Gasteiger charge is -2.24. The molecular formula is C53H56N8O2. The quantitative estimate of drug-likeness (QED) is 0.100. The van der Waals surface area contributed by atoms with E-state index < -0.39 is 0 Å². The summed E-state index contributed by atoms with van der Waals surface area (Å²) in [6.07, 6.45) is 10.2. The van der Waals surface area contributed by atoms with Crippen molar-refractivity contribution in [2.24, 2.45) is 0 Å². The average molecular weight is 837 g/mol. The van der Waals surface area contributed by atoms with Crippen molar-refractivity contribution in [3.8, 4) is 23.1 Å². The Morgan fingerprint density at radius 3 is 1.92 bits per heavy atom. The molecule has 10 heteroatoms. The van der Waals surface area contributed by atoms with Crippen molar-refractivity contribution in [3.05, 3.63) is 154 Å². The lowest BCUT2D eigenvalue weighted by molar-refractivity contribution is -0.132. The van der Waals surface area contributed by atoms with Gasteiger partial charge in [0.05, 0.1) is 47.8 Å². The van der Waals surface area contributed by atoms with Crippen LogP contribution >= 0.6 is 0 Å². The maximum Gasteiger partial charge on any atom is 0.227 e. The molecule has 4 aliphatic heterocycles. The van der Waals surface area contributed by atoms with Gasteiger partial charge in [-0.25, -0.2) is 9.97 Å². The molecule has 4 aliphatic rings. The second-order valence-electron chi connectivity index (χ2n) is 18.0. The van der Waals surface area contributed by atoms with Gasteiger partial charge in [-0.3, -0.25) is 19.4 Å². The molecule has 6 aromatic rings. The second-order valence-corrected chi connectivity index (χ2v) is 18.0. The minimum Gasteiger partial charge on any atom is -0.340 e. The summed E-state index contributed by atoms with van der Waals surface area (Å²) in [7, 11) is 0. The molecule has 4 aromatic carbocycles. The van der Waals surface area contributed by atoms with Crippen molar-refractivity contribution in [3.63, 3.8) is 0 Å². The lowest BCUT2D eigenvalue weighted by atomic mass is 10.0. The molecular weight excluding hydrogens is 781 g/mol. The molecule has 320 valence electrons. The zero-order valence-corrected chi connectivity index (χ0v) is 36.1. The molecule has 2 aromatic heterocycles. The van der Waals surface area contributed by atoms with E-state index in [0.29, 0.717) is 25.8 Å². The van der Waals surface area contributed by atoms with Crippen LogP contribution < -0.4 is 0 Å². The average Bonchev–Trinajstić information content (AvgIpc) is 4.16. The number of hydrogen-bond acceptors (Lipinski definition) is 6. The molecule has 0 aliphatic carbocycles. The third-order valence-corrected chi connectivity index (χ3v) is 13.5. The van der Waals surface area contributed by atoms with Crippen molar-refractivity contribution in [1.82, 2.24) is 39.5 Å². The first-order valence-corrected chi connectivity index (χ1v) is 22.9. The molecule has 63 heavy (non-hydrogen) atoms. The van der Waals surface area contributed by atoms with Gasteiger partial charge in [-0.2, -0.15) is 0 Å². The molecule has 0 spiro atoms. The molecule has 0 saturated carbocycles. The zero-order chi connectivity index (χ0) is 42.7. The molecule has 4 saturated heterocycles. The van der Waals surface area contributed by atoms with Crippen LogP contribution in [-0.2, 0) is 35.5 Å². The molecule has 2 atom stereocenters. The fourth-order valence-corrected chi connectivity index (χ4v) is 10.1. The third kappa shape index (κ3) is 9.13. The van der Waals surface area contributed by atoms with Crippen LogP contribution in [0.3, 0.4) is 0 Å². The zero-order valence-electron chi connectivity index (χ0n) is 36.1. The maximum absolute atomic E-state index is 13.9. The first kappa shape index (κ1) is 40.8. The van der Waals surface area contributed by atoms with Crippen LogP contribution in [0.4, 0.5) is 0 Å². The largest absolute Gasteiger partial charge is 0.340 e. The Labute approximate surface area is 370 Å². The Hall–Kier alpha value is -6.28. The monoisotopic (exact) mass is 836 g/mol. The fourth-order valence-electron chi connectivity index (χ4n) is 10.1. The van der Waals surface area contributed by atoms with Crippen molar-refractivity contribution in [2.75, 3.05) is 39.3 Å². The lowest BCUT2D eigenvalue weighted by Crippen LogP contribution is -2.33. The normalized spacial score (nSPS) is 19.3. The van der Waals surface area contributed by atoms with Crippen LogP contribution in [0.2, 0.25) is 0 Å². The number of aromatic nitrogens is 4. The summed E-state index contributed by atoms with van der Waals surface area (Å²) in [4.78, 5) is 53.4. The second kappa shape index (κ2) is 18.2. The highest BCUT2D eigenvalue weighted by Crippen LogP contribution is 2.36. The number of carbonyl (C=O) groups excluding carboxylic acids is 2. The van der Waals surface area contributed by atoms with Crippen LogP contribution in [0, 0.1) is 11.8 Å². The van der Waals surface area contributed by atoms with Crippen LogP contribution in [-0.4, -0.2) is 90.6 Å². The number of nitrogens with one attached hydrogen (secondary N) is 2. The van der Waals surface area contributed by atoms with Crippen LogP contribution in [0.15, 0.2) is 109 Å². The van der Waals surface area contributed by atoms with E-state index in [2.05, 4.69) is 86.7 Å². The van der Waals surface area contributed by atoms with Crippen LogP contribution in [0.5, 0.6) is 0 Å². The highest BCUT2D eigenvalue weighted by atomic mass is 16.2. The Balaban J connectivity index is 0.779. The molecule has 0 radical (unpaired) electrons. The van der Waals surface area contributed by atoms with Crippen LogP contribution in [0.1, 0.15) is 102 Å². The SMILES string of the molecule is C=C1C[C@@H](c2nc3ccc(C#Cc4ccc(-c5cnc([C@@H]6CCCN6C(=O)Cc6ccccc6CN6CCCC6)[nH]5)cc4)cc3[nH]2)N(C(=O)Cc2ccccc2CN2CCCC2)C1. The minimum absolute atomic E-state index is 0.0537. The maximum atomic E-state index is 13.9. The van der Waals surface area contributed by atoms with E-state index in [1.165, 1.54) is 36.8 Å². The van der Waals surface area contributed by atoms with Gasteiger partial charge in [0, 0.05) is 37.3 Å². The van der Waals surface area contributed by atoms with Crippen LogP contribution in [0.25, 0.3) is 22.3 Å². The summed E-state index contributed by atoms with van der Waals surface area (Å²) in [6, 6.07) is 30.8. The van der Waals surface area contributed by atoms with E-state index in [4.69, 9.17) is 9.97 Å². The highest BCUT2D eigenvalue weighted by Gasteiger charge is 2.35. The standard InChI is InChI=1S/C53H56N8O2/c1-37-29-49(61(34-37)51(63)32-42-12-3-5-14-44(42)36-59-26-8-9-27-59)53-55-45-23-20-39(30-46(45)56-53)17-16-38-18-21-40(22-19-38)47-33-54-52(57-47)48-15-10-28-60(48)50(62)31-41-11-2-4-13-43(41)35-58-24-6-7-25-58/h2-5,11-14,18-23,30,33,48-49H,1,6-10,15,24-29,31-32,34-36H2,(H,54,57)(H,55,56)/t48-,49-/m0/s1. The van der Waals surface area contributed by atoms with Gasteiger partial charge < -0.3 is 19.8 Å². The predicted molar refractivity (Wildman–Crippen MR) is 247 cm³/mol. The number of H-pyrrole nitrogens is 2. The number of rotatable bonds is 11. The summed E-state index contributed by atoms with van der Waals surface area (Å²) in [5.74, 6) is 8.56. The third-order valence-electron chi connectivity index (χ3n) is 13.5. The van der Waals surface area contributed by atoms with E-state index in [1.54, 1.807) is 0 Å². The number of carbonyl (C=O) groups is 2. The summed E-state index contributed by atoms with van der Waals surface area (Å²) in [5.41, 5.74) is 11.2. The molecule has 6 heterocycles. The highest BCUT2D eigenvalue weighted by molar-refractivity contribution is 5.82. The molecule has 10 nitrogen and oxygen atoms in total. The van der Waals surface area contributed by atoms with Gasteiger partial charge in [0.15, 0.2) is 0 Å². The summed E-state index contributed by atoms with van der Waals surface area (Å²) >= 11 is 0. The van der Waals surface area contributed by atoms with Gasteiger partial charge in [0.2, 0.25) is 11.8 Å². The van der Waals surface area contributed by atoms with E-state index >= 15 is 0 Å². The van der Waals surface area contributed by atoms with Crippen molar-refractivity contribution in [1.29, 1.82) is 0 Å². The number of imidazole rings is 2. The fraction of sp³-hybridized carbons (Fsp3) is 0.358. The van der Waals surface area contributed by atoms with Gasteiger partial charge in [0.25, 0.3) is 0 Å². The van der Waals surface area contributed by atoms with Crippen molar-refractivity contribution >= 4 is 22.8 Å². The smallest absolute Gasteiger partial charge is 0.227 e. The van der Waals surface area contributed by atoms with E-state index in [1.807, 2.05) is 58.5 Å². The Morgan fingerprint density at radius 1 is 0.651 bits per heavy atom. The molecule has 4 fully saturated rings. The minimum atomic E-state index is -0.181. The Kier molecular flexibility index (Phi) is 11.8. The number of benzene rings is 4. The van der Waals surface area contributed by atoms with Gasteiger partial charge >= 0.3 is 0 Å². The summed E-state index contributed by atoms with van der Waals surface area (Å²) in [5, 5.41) is 0. The molecule has 10 rings (SSSR count). The van der Waals surface area contributed by atoms with E-state index in [0.717, 1.165) is 120 Å².